The van der Waals surface area contributed by atoms with Gasteiger partial charge in [0.15, 0.2) is 16.6 Å². The smallest absolute Gasteiger partial charge is 0.216 e. The van der Waals surface area contributed by atoms with Gasteiger partial charge in [0.25, 0.3) is 0 Å². The van der Waals surface area contributed by atoms with E-state index in [1.807, 2.05) is 0 Å². The van der Waals surface area contributed by atoms with Gasteiger partial charge in [0, 0.05) is 37.1 Å². The van der Waals surface area contributed by atoms with Crippen LogP contribution in [0, 0.1) is 5.92 Å². The van der Waals surface area contributed by atoms with E-state index in [1.165, 1.54) is 5.69 Å². The minimum absolute atomic E-state index is 0.0481. The maximum absolute atomic E-state index is 12.5. The number of rotatable bonds is 14. The summed E-state index contributed by atoms with van der Waals surface area (Å²) in [6, 6.07) is 8.81. The number of hydrogen-bond acceptors (Lipinski definition) is 6. The average Bonchev–Trinajstić information content (AvgIpc) is 2.85. The molecule has 0 unspecified atom stereocenters. The van der Waals surface area contributed by atoms with Gasteiger partial charge in [-0.15, -0.1) is 0 Å². The van der Waals surface area contributed by atoms with E-state index >= 15 is 0 Å². The second-order valence-electron chi connectivity index (χ2n) is 16.6. The summed E-state index contributed by atoms with van der Waals surface area (Å²) in [4.78, 5) is 2.41. The fraction of sp³-hybridized carbons (Fsp3) is 0.818. The summed E-state index contributed by atoms with van der Waals surface area (Å²) in [5.74, 6) is 0.548. The Hall–Kier alpha value is -0.916. The molecule has 1 fully saturated rings. The maximum atomic E-state index is 12.5. The molecule has 7 nitrogen and oxygen atoms in total. The zero-order valence-electron chi connectivity index (χ0n) is 29.8. The second kappa shape index (κ2) is 14.7. The molecule has 10 heteroatoms. The number of anilines is 2. The SMILES string of the molecule is CC(C)(C)[Si](C)(C)OCCN(CCO[Si](C)(C)C(C)(C)C)c1ccc(NCC2CCC(NS(=O)(=O)C(C)(C)C)CC2)cc1. The van der Waals surface area contributed by atoms with Crippen molar-refractivity contribution in [1.29, 1.82) is 0 Å². The molecule has 1 aromatic carbocycles. The summed E-state index contributed by atoms with van der Waals surface area (Å²) >= 11 is 0. The van der Waals surface area contributed by atoms with Crippen molar-refractivity contribution in [3.63, 3.8) is 0 Å². The lowest BCUT2D eigenvalue weighted by molar-refractivity contribution is 0.276. The minimum Gasteiger partial charge on any atom is -0.415 e. The van der Waals surface area contributed by atoms with Crippen molar-refractivity contribution in [2.24, 2.45) is 5.92 Å². The first-order valence-electron chi connectivity index (χ1n) is 16.3. The van der Waals surface area contributed by atoms with Gasteiger partial charge in [0.2, 0.25) is 10.0 Å². The highest BCUT2D eigenvalue weighted by Gasteiger charge is 2.38. The molecule has 250 valence electrons. The number of nitrogens with zero attached hydrogens (tertiary/aromatic N) is 1. The van der Waals surface area contributed by atoms with Gasteiger partial charge in [-0.05, 0) is 113 Å². The van der Waals surface area contributed by atoms with E-state index in [-0.39, 0.29) is 16.1 Å². The topological polar surface area (TPSA) is 79.9 Å². The Morgan fingerprint density at radius 2 is 1.21 bits per heavy atom. The lowest BCUT2D eigenvalue weighted by Crippen LogP contribution is -2.46. The first-order chi connectivity index (χ1) is 19.5. The molecule has 0 amide bonds. The van der Waals surface area contributed by atoms with Gasteiger partial charge in [-0.25, -0.2) is 13.1 Å². The van der Waals surface area contributed by atoms with E-state index in [9.17, 15) is 8.42 Å². The summed E-state index contributed by atoms with van der Waals surface area (Å²) in [5, 5.41) is 4.01. The Balaban J connectivity index is 1.97. The van der Waals surface area contributed by atoms with E-state index in [4.69, 9.17) is 8.85 Å². The molecule has 0 heterocycles. The van der Waals surface area contributed by atoms with Gasteiger partial charge in [-0.2, -0.15) is 0 Å². The molecule has 43 heavy (non-hydrogen) atoms. The fourth-order valence-electron chi connectivity index (χ4n) is 4.56. The van der Waals surface area contributed by atoms with Gasteiger partial charge >= 0.3 is 0 Å². The Labute approximate surface area is 267 Å². The number of hydrogen-bond donors (Lipinski definition) is 2. The molecule has 0 aromatic heterocycles. The average molecular weight is 656 g/mol. The summed E-state index contributed by atoms with van der Waals surface area (Å²) in [5.41, 5.74) is 2.31. The third-order valence-electron chi connectivity index (χ3n) is 10.1. The molecular formula is C33H65N3O4SSi2. The van der Waals surface area contributed by atoms with E-state index < -0.39 is 31.4 Å². The van der Waals surface area contributed by atoms with E-state index in [0.717, 1.165) is 51.0 Å². The molecule has 2 N–H and O–H groups in total. The summed E-state index contributed by atoms with van der Waals surface area (Å²) in [6.45, 7) is 32.2. The van der Waals surface area contributed by atoms with Crippen molar-refractivity contribution in [2.75, 3.05) is 43.1 Å². The molecule has 1 aliphatic carbocycles. The molecule has 0 bridgehead atoms. The summed E-state index contributed by atoms with van der Waals surface area (Å²) < 4.78 is 40.3. The third-order valence-corrected chi connectivity index (χ3v) is 21.4. The Bertz CT molecular complexity index is 1060. The lowest BCUT2D eigenvalue weighted by atomic mass is 9.86. The Morgan fingerprint density at radius 1 is 0.767 bits per heavy atom. The quantitative estimate of drug-likeness (QED) is 0.197. The minimum atomic E-state index is -3.30. The highest BCUT2D eigenvalue weighted by Crippen LogP contribution is 2.37. The molecule has 0 spiro atoms. The second-order valence-corrected chi connectivity index (χ2v) is 28.7. The Kier molecular flexibility index (Phi) is 13.1. The van der Waals surface area contributed by atoms with Crippen LogP contribution in [0.25, 0.3) is 0 Å². The molecule has 0 atom stereocenters. The van der Waals surface area contributed by atoms with Crippen molar-refractivity contribution in [3.05, 3.63) is 24.3 Å². The van der Waals surface area contributed by atoms with Crippen molar-refractivity contribution >= 4 is 38.0 Å². The monoisotopic (exact) mass is 655 g/mol. The molecular weight excluding hydrogens is 591 g/mol. The van der Waals surface area contributed by atoms with Crippen LogP contribution in [0.2, 0.25) is 36.3 Å². The van der Waals surface area contributed by atoms with Gasteiger partial charge in [-0.1, -0.05) is 41.5 Å². The highest BCUT2D eigenvalue weighted by atomic mass is 32.2. The van der Waals surface area contributed by atoms with Crippen LogP contribution in [0.3, 0.4) is 0 Å². The lowest BCUT2D eigenvalue weighted by Gasteiger charge is -2.38. The first kappa shape index (κ1) is 38.3. The van der Waals surface area contributed by atoms with Crippen molar-refractivity contribution < 1.29 is 17.3 Å². The first-order valence-corrected chi connectivity index (χ1v) is 23.6. The van der Waals surface area contributed by atoms with Crippen LogP contribution in [-0.4, -0.2) is 68.7 Å². The largest absolute Gasteiger partial charge is 0.415 e. The predicted molar refractivity (Wildman–Crippen MR) is 191 cm³/mol. The normalized spacial score (nSPS) is 19.4. The van der Waals surface area contributed by atoms with Crippen molar-refractivity contribution in [3.8, 4) is 0 Å². The molecule has 0 saturated heterocycles. The third kappa shape index (κ3) is 11.4. The summed E-state index contributed by atoms with van der Waals surface area (Å²) in [7, 11) is -6.93. The molecule has 1 aliphatic rings. The van der Waals surface area contributed by atoms with Crippen LogP contribution < -0.4 is 14.9 Å². The Morgan fingerprint density at radius 3 is 1.60 bits per heavy atom. The van der Waals surface area contributed by atoms with E-state index in [1.54, 1.807) is 20.8 Å². The number of sulfonamides is 1. The van der Waals surface area contributed by atoms with Crippen molar-refractivity contribution in [1.82, 2.24) is 4.72 Å². The van der Waals surface area contributed by atoms with Gasteiger partial charge in [-0.3, -0.25) is 0 Å². The van der Waals surface area contributed by atoms with Crippen LogP contribution >= 0.6 is 0 Å². The standard InChI is InChI=1S/C33H65N3O4SSi2/c1-31(2,3)41(37,38)35-29-16-14-27(15-17-29)26-34-28-18-20-30(21-19-28)36(22-24-39-42(10,11)32(4,5)6)23-25-40-43(12,13)33(7,8)9/h18-21,27,29,34-35H,14-17,22-26H2,1-13H3. The van der Waals surface area contributed by atoms with Crippen LogP contribution in [0.4, 0.5) is 11.4 Å². The molecule has 2 rings (SSSR count). The van der Waals surface area contributed by atoms with Crippen molar-refractivity contribution in [2.45, 2.75) is 135 Å². The molecule has 0 aliphatic heterocycles. The molecule has 1 saturated carbocycles. The highest BCUT2D eigenvalue weighted by molar-refractivity contribution is 7.90. The van der Waals surface area contributed by atoms with Crippen LogP contribution in [0.1, 0.15) is 88.0 Å². The van der Waals surface area contributed by atoms with Crippen LogP contribution in [-0.2, 0) is 18.9 Å². The summed E-state index contributed by atoms with van der Waals surface area (Å²) in [6.07, 6.45) is 3.84. The van der Waals surface area contributed by atoms with Gasteiger partial charge in [0.05, 0.1) is 18.0 Å². The molecule has 1 aromatic rings. The number of benzene rings is 1. The van der Waals surface area contributed by atoms with Crippen LogP contribution in [0.15, 0.2) is 24.3 Å². The molecule has 0 radical (unpaired) electrons. The van der Waals surface area contributed by atoms with Gasteiger partial charge in [0.1, 0.15) is 0 Å². The van der Waals surface area contributed by atoms with Crippen LogP contribution in [0.5, 0.6) is 0 Å². The number of nitrogens with one attached hydrogen (secondary N) is 2. The fourth-order valence-corrected chi connectivity index (χ4v) is 7.66. The van der Waals surface area contributed by atoms with Gasteiger partial charge < -0.3 is 19.1 Å². The predicted octanol–water partition coefficient (Wildman–Crippen LogP) is 8.23. The zero-order valence-corrected chi connectivity index (χ0v) is 32.6. The van der Waals surface area contributed by atoms with E-state index in [2.05, 4.69) is 107 Å². The van der Waals surface area contributed by atoms with E-state index in [0.29, 0.717) is 19.1 Å². The maximum Gasteiger partial charge on any atom is 0.216 e. The zero-order chi connectivity index (χ0) is 32.9.